The summed E-state index contributed by atoms with van der Waals surface area (Å²) < 4.78 is 30.9. The van der Waals surface area contributed by atoms with Gasteiger partial charge >= 0.3 is 0 Å². The largest absolute Gasteiger partial charge is 0.378 e. The SMILES string of the molecule is CC(C)S(=O)(=O)c1ccc(N2CCOCC2)cc1N1CCCC1. The molecule has 2 heterocycles. The molecule has 0 radical (unpaired) electrons. The zero-order valence-corrected chi connectivity index (χ0v) is 14.8. The molecule has 0 unspecified atom stereocenters. The highest BCUT2D eigenvalue weighted by molar-refractivity contribution is 7.92. The highest BCUT2D eigenvalue weighted by atomic mass is 32.2. The second-order valence-electron chi connectivity index (χ2n) is 6.54. The fourth-order valence-electron chi connectivity index (χ4n) is 3.22. The van der Waals surface area contributed by atoms with Crippen molar-refractivity contribution in [3.8, 4) is 0 Å². The van der Waals surface area contributed by atoms with E-state index in [0.717, 1.165) is 63.6 Å². The lowest BCUT2D eigenvalue weighted by Gasteiger charge is -2.31. The minimum absolute atomic E-state index is 0.405. The van der Waals surface area contributed by atoms with Gasteiger partial charge in [-0.2, -0.15) is 0 Å². The van der Waals surface area contributed by atoms with Crippen molar-refractivity contribution in [2.24, 2.45) is 0 Å². The van der Waals surface area contributed by atoms with Gasteiger partial charge in [-0.25, -0.2) is 8.42 Å². The molecule has 0 aliphatic carbocycles. The molecule has 0 N–H and O–H groups in total. The number of sulfone groups is 1. The van der Waals surface area contributed by atoms with Crippen LogP contribution in [0.2, 0.25) is 0 Å². The second kappa shape index (κ2) is 6.69. The first-order valence-corrected chi connectivity index (χ1v) is 10.0. The monoisotopic (exact) mass is 338 g/mol. The number of anilines is 2. The van der Waals surface area contributed by atoms with Gasteiger partial charge in [0.25, 0.3) is 0 Å². The van der Waals surface area contributed by atoms with E-state index in [9.17, 15) is 8.42 Å². The molecular weight excluding hydrogens is 312 g/mol. The molecule has 1 aromatic carbocycles. The summed E-state index contributed by atoms with van der Waals surface area (Å²) in [7, 11) is -3.28. The summed E-state index contributed by atoms with van der Waals surface area (Å²) in [6, 6.07) is 5.81. The Labute approximate surface area is 139 Å². The van der Waals surface area contributed by atoms with Gasteiger partial charge in [-0.05, 0) is 44.9 Å². The number of ether oxygens (including phenoxy) is 1. The van der Waals surface area contributed by atoms with Crippen LogP contribution in [-0.4, -0.2) is 53.1 Å². The van der Waals surface area contributed by atoms with Gasteiger partial charge in [-0.15, -0.1) is 0 Å². The number of hydrogen-bond acceptors (Lipinski definition) is 5. The van der Waals surface area contributed by atoms with E-state index in [1.54, 1.807) is 19.9 Å². The first-order valence-electron chi connectivity index (χ1n) is 8.46. The van der Waals surface area contributed by atoms with Gasteiger partial charge in [-0.1, -0.05) is 0 Å². The molecule has 2 aliphatic rings. The third-order valence-electron chi connectivity index (χ3n) is 4.69. The van der Waals surface area contributed by atoms with E-state index in [1.807, 2.05) is 6.07 Å². The van der Waals surface area contributed by atoms with Crippen molar-refractivity contribution in [2.45, 2.75) is 36.8 Å². The molecular formula is C17H26N2O3S. The maximum Gasteiger partial charge on any atom is 0.182 e. The van der Waals surface area contributed by atoms with Crippen LogP contribution in [0.15, 0.2) is 23.1 Å². The molecule has 0 saturated carbocycles. The van der Waals surface area contributed by atoms with Gasteiger partial charge in [0.15, 0.2) is 9.84 Å². The molecule has 2 saturated heterocycles. The summed E-state index contributed by atoms with van der Waals surface area (Å²) in [5.74, 6) is 0. The van der Waals surface area contributed by atoms with Crippen molar-refractivity contribution >= 4 is 21.2 Å². The fraction of sp³-hybridized carbons (Fsp3) is 0.647. The predicted octanol–water partition coefficient (Wildman–Crippen LogP) is 2.31. The first-order chi connectivity index (χ1) is 11.0. The second-order valence-corrected chi connectivity index (χ2v) is 9.01. The van der Waals surface area contributed by atoms with Crippen LogP contribution in [0.5, 0.6) is 0 Å². The highest BCUT2D eigenvalue weighted by Crippen LogP contribution is 2.34. The number of morpholine rings is 1. The van der Waals surface area contributed by atoms with E-state index in [0.29, 0.717) is 4.90 Å². The van der Waals surface area contributed by atoms with Crippen molar-refractivity contribution < 1.29 is 13.2 Å². The molecule has 6 heteroatoms. The summed E-state index contributed by atoms with van der Waals surface area (Å²) in [5, 5.41) is -0.405. The normalized spacial score (nSPS) is 19.6. The molecule has 0 bridgehead atoms. The Hall–Kier alpha value is -1.27. The summed E-state index contributed by atoms with van der Waals surface area (Å²) in [5.41, 5.74) is 1.97. The van der Waals surface area contributed by atoms with Crippen LogP contribution in [0.1, 0.15) is 26.7 Å². The lowest BCUT2D eigenvalue weighted by Crippen LogP contribution is -2.36. The molecule has 0 aromatic heterocycles. The lowest BCUT2D eigenvalue weighted by molar-refractivity contribution is 0.122. The van der Waals surface area contributed by atoms with Gasteiger partial charge in [-0.3, -0.25) is 0 Å². The molecule has 0 spiro atoms. The van der Waals surface area contributed by atoms with E-state index >= 15 is 0 Å². The molecule has 3 rings (SSSR count). The molecule has 0 atom stereocenters. The van der Waals surface area contributed by atoms with Gasteiger partial charge in [0.2, 0.25) is 0 Å². The number of hydrogen-bond donors (Lipinski definition) is 0. The number of nitrogens with zero attached hydrogens (tertiary/aromatic N) is 2. The third kappa shape index (κ3) is 3.33. The van der Waals surface area contributed by atoms with E-state index in [2.05, 4.69) is 15.9 Å². The molecule has 2 aliphatic heterocycles. The summed E-state index contributed by atoms with van der Waals surface area (Å²) in [6.45, 7) is 8.54. The van der Waals surface area contributed by atoms with Crippen LogP contribution in [0.4, 0.5) is 11.4 Å². The van der Waals surface area contributed by atoms with Crippen LogP contribution in [0.25, 0.3) is 0 Å². The first kappa shape index (κ1) is 16.6. The molecule has 23 heavy (non-hydrogen) atoms. The summed E-state index contributed by atoms with van der Waals surface area (Å²) in [6.07, 6.45) is 2.26. The van der Waals surface area contributed by atoms with Gasteiger partial charge < -0.3 is 14.5 Å². The molecule has 1 aromatic rings. The Kier molecular flexibility index (Phi) is 4.82. The van der Waals surface area contributed by atoms with Crippen molar-refractivity contribution in [1.29, 1.82) is 0 Å². The molecule has 0 amide bonds. The molecule has 5 nitrogen and oxygen atoms in total. The van der Waals surface area contributed by atoms with Gasteiger partial charge in [0.1, 0.15) is 0 Å². The van der Waals surface area contributed by atoms with E-state index in [1.165, 1.54) is 0 Å². The fourth-order valence-corrected chi connectivity index (χ4v) is 4.47. The van der Waals surface area contributed by atoms with Crippen molar-refractivity contribution in [1.82, 2.24) is 0 Å². The van der Waals surface area contributed by atoms with Gasteiger partial charge in [0, 0.05) is 31.9 Å². The Bertz CT molecular complexity index is 646. The Morgan fingerprint density at radius 1 is 1.00 bits per heavy atom. The zero-order chi connectivity index (χ0) is 16.4. The molecule has 2 fully saturated rings. The topological polar surface area (TPSA) is 49.9 Å². The van der Waals surface area contributed by atoms with E-state index < -0.39 is 15.1 Å². The Morgan fingerprint density at radius 3 is 2.26 bits per heavy atom. The average Bonchev–Trinajstić information content (AvgIpc) is 3.09. The van der Waals surface area contributed by atoms with Crippen LogP contribution >= 0.6 is 0 Å². The van der Waals surface area contributed by atoms with Gasteiger partial charge in [0.05, 0.1) is 29.0 Å². The predicted molar refractivity (Wildman–Crippen MR) is 93.2 cm³/mol. The maximum absolute atomic E-state index is 12.7. The summed E-state index contributed by atoms with van der Waals surface area (Å²) in [4.78, 5) is 4.97. The molecule has 128 valence electrons. The van der Waals surface area contributed by atoms with Crippen LogP contribution < -0.4 is 9.80 Å². The standard InChI is InChI=1S/C17H26N2O3S/c1-14(2)23(20,21)17-6-5-15(18-9-11-22-12-10-18)13-16(17)19-7-3-4-8-19/h5-6,13-14H,3-4,7-12H2,1-2H3. The maximum atomic E-state index is 12.7. The van der Waals surface area contributed by atoms with Crippen LogP contribution in [0.3, 0.4) is 0 Å². The summed E-state index contributed by atoms with van der Waals surface area (Å²) >= 11 is 0. The number of rotatable bonds is 4. The number of benzene rings is 1. The Morgan fingerprint density at radius 2 is 1.65 bits per heavy atom. The van der Waals surface area contributed by atoms with Crippen molar-refractivity contribution in [3.63, 3.8) is 0 Å². The Balaban J connectivity index is 2.02. The minimum atomic E-state index is -3.28. The smallest absolute Gasteiger partial charge is 0.182 e. The van der Waals surface area contributed by atoms with Crippen molar-refractivity contribution in [3.05, 3.63) is 18.2 Å². The average molecular weight is 338 g/mol. The lowest BCUT2D eigenvalue weighted by atomic mass is 10.2. The van der Waals surface area contributed by atoms with E-state index in [-0.39, 0.29) is 0 Å². The van der Waals surface area contributed by atoms with E-state index in [4.69, 9.17) is 4.74 Å². The third-order valence-corrected chi connectivity index (χ3v) is 6.89. The van der Waals surface area contributed by atoms with Crippen LogP contribution in [-0.2, 0) is 14.6 Å². The van der Waals surface area contributed by atoms with Crippen LogP contribution in [0, 0.1) is 0 Å². The minimum Gasteiger partial charge on any atom is -0.378 e. The quantitative estimate of drug-likeness (QED) is 0.843. The van der Waals surface area contributed by atoms with Crippen molar-refractivity contribution in [2.75, 3.05) is 49.2 Å². The zero-order valence-electron chi connectivity index (χ0n) is 14.0. The highest BCUT2D eigenvalue weighted by Gasteiger charge is 2.27.